The maximum absolute atomic E-state index is 6.76. The van der Waals surface area contributed by atoms with Crippen LogP contribution in [0.2, 0.25) is 0 Å². The van der Waals surface area contributed by atoms with Crippen molar-refractivity contribution < 1.29 is 14.3 Å². The van der Waals surface area contributed by atoms with E-state index in [-0.39, 0.29) is 5.48 Å². The summed E-state index contributed by atoms with van der Waals surface area (Å²) in [5.74, 6) is 1.02. The van der Waals surface area contributed by atoms with Gasteiger partial charge in [0.05, 0.1) is 0 Å². The van der Waals surface area contributed by atoms with Crippen LogP contribution in [-0.4, -0.2) is 5.48 Å². The lowest BCUT2D eigenvalue weighted by Crippen LogP contribution is -2.15. The minimum atomic E-state index is -0.590. The molecule has 0 bridgehead atoms. The van der Waals surface area contributed by atoms with E-state index in [9.17, 15) is 0 Å². The molecule has 2 aliphatic rings. The van der Waals surface area contributed by atoms with E-state index < -0.39 is 7.92 Å². The third kappa shape index (κ3) is 3.91. The summed E-state index contributed by atoms with van der Waals surface area (Å²) >= 11 is 0. The van der Waals surface area contributed by atoms with Crippen LogP contribution in [-0.2, 0) is 0 Å². The van der Waals surface area contributed by atoms with Gasteiger partial charge in [0.15, 0.2) is 0 Å². The number of allylic oxidation sites excluding steroid dienone is 4. The van der Waals surface area contributed by atoms with Crippen LogP contribution in [0.3, 0.4) is 0 Å². The first kappa shape index (κ1) is 26.5. The predicted molar refractivity (Wildman–Crippen MR) is 189 cm³/mol. The summed E-state index contributed by atoms with van der Waals surface area (Å²) < 4.78 is 13.4. The molecule has 2 N–H and O–H groups in total. The molecule has 0 spiro atoms. The maximum Gasteiger partial charge on any atom is 0.143 e. The van der Waals surface area contributed by atoms with E-state index in [0.29, 0.717) is 11.8 Å². The van der Waals surface area contributed by atoms with Gasteiger partial charge in [-0.1, -0.05) is 121 Å². The SMILES string of the molecule is C1=C(c2cc3oc4ccc5ccccc5c4c3c3c2oc2ccccc23)C2CC2C(P(c2ccccc2)c2ccccc2)=C1.O. The van der Waals surface area contributed by atoms with Gasteiger partial charge < -0.3 is 14.3 Å². The van der Waals surface area contributed by atoms with Crippen LogP contribution in [0.15, 0.2) is 154 Å². The van der Waals surface area contributed by atoms with Crippen molar-refractivity contribution in [2.24, 2.45) is 11.8 Å². The fourth-order valence-electron chi connectivity index (χ4n) is 7.55. The zero-order valence-electron chi connectivity index (χ0n) is 24.4. The first-order valence-corrected chi connectivity index (χ1v) is 16.7. The van der Waals surface area contributed by atoms with Crippen LogP contribution in [0.25, 0.3) is 60.2 Å². The summed E-state index contributed by atoms with van der Waals surface area (Å²) in [7, 11) is -0.590. The van der Waals surface area contributed by atoms with Crippen LogP contribution >= 0.6 is 7.92 Å². The molecule has 2 atom stereocenters. The van der Waals surface area contributed by atoms with E-state index in [1.165, 1.54) is 44.3 Å². The van der Waals surface area contributed by atoms with Gasteiger partial charge in [-0.05, 0) is 76.6 Å². The Labute approximate surface area is 261 Å². The van der Waals surface area contributed by atoms with Crippen molar-refractivity contribution in [3.8, 4) is 0 Å². The van der Waals surface area contributed by atoms with Crippen molar-refractivity contribution in [3.05, 3.63) is 150 Å². The maximum atomic E-state index is 6.76. The lowest BCUT2D eigenvalue weighted by atomic mass is 9.92. The number of furan rings is 2. The van der Waals surface area contributed by atoms with E-state index in [4.69, 9.17) is 8.83 Å². The van der Waals surface area contributed by atoms with Crippen LogP contribution < -0.4 is 10.6 Å². The van der Waals surface area contributed by atoms with Gasteiger partial charge in [-0.3, -0.25) is 0 Å². The molecule has 2 heterocycles. The monoisotopic (exact) mass is 600 g/mol. The molecule has 2 aromatic heterocycles. The molecule has 3 nitrogen and oxygen atoms in total. The largest absolute Gasteiger partial charge is 0.456 e. The van der Waals surface area contributed by atoms with Crippen LogP contribution in [0.1, 0.15) is 12.0 Å². The van der Waals surface area contributed by atoms with E-state index >= 15 is 0 Å². The zero-order chi connectivity index (χ0) is 28.8. The van der Waals surface area contributed by atoms with Crippen molar-refractivity contribution in [2.45, 2.75) is 6.42 Å². The predicted octanol–water partition coefficient (Wildman–Crippen LogP) is 9.86. The fraction of sp³-hybridized carbons (Fsp3) is 0.0732. The van der Waals surface area contributed by atoms with Crippen LogP contribution in [0.4, 0.5) is 0 Å². The Morgan fingerprint density at radius 1 is 0.533 bits per heavy atom. The van der Waals surface area contributed by atoms with E-state index in [2.05, 4.69) is 140 Å². The zero-order valence-corrected chi connectivity index (χ0v) is 25.3. The Hall–Kier alpha value is -4.95. The molecular weight excluding hydrogens is 571 g/mol. The van der Waals surface area contributed by atoms with Gasteiger partial charge in [0.1, 0.15) is 22.3 Å². The molecule has 0 radical (unpaired) electrons. The smallest absolute Gasteiger partial charge is 0.143 e. The van der Waals surface area contributed by atoms with E-state index in [1.807, 2.05) is 0 Å². The van der Waals surface area contributed by atoms with Gasteiger partial charge in [0.2, 0.25) is 0 Å². The van der Waals surface area contributed by atoms with Crippen LogP contribution in [0.5, 0.6) is 0 Å². The van der Waals surface area contributed by atoms with Gasteiger partial charge in [0.25, 0.3) is 0 Å². The molecule has 2 unspecified atom stereocenters. The minimum Gasteiger partial charge on any atom is -0.456 e. The molecule has 8 aromatic rings. The second-order valence-electron chi connectivity index (χ2n) is 12.0. The highest BCUT2D eigenvalue weighted by atomic mass is 31.1. The highest BCUT2D eigenvalue weighted by molar-refractivity contribution is 7.76. The summed E-state index contributed by atoms with van der Waals surface area (Å²) in [6.45, 7) is 0. The normalized spacial score (nSPS) is 17.5. The molecule has 10 rings (SSSR count). The molecule has 216 valence electrons. The Morgan fingerprint density at radius 3 is 2.00 bits per heavy atom. The highest BCUT2D eigenvalue weighted by Crippen LogP contribution is 2.63. The highest BCUT2D eigenvalue weighted by Gasteiger charge is 2.47. The number of rotatable bonds is 4. The average molecular weight is 601 g/mol. The number of hydrogen-bond donors (Lipinski definition) is 0. The van der Waals surface area contributed by atoms with Gasteiger partial charge in [-0.15, -0.1) is 0 Å². The first-order chi connectivity index (χ1) is 21.8. The second-order valence-corrected chi connectivity index (χ2v) is 14.3. The van der Waals surface area contributed by atoms with Gasteiger partial charge in [-0.25, -0.2) is 0 Å². The Morgan fingerprint density at radius 2 is 1.22 bits per heavy atom. The molecule has 6 aromatic carbocycles. The Bertz CT molecular complexity index is 2440. The van der Waals surface area contributed by atoms with E-state index in [0.717, 1.165) is 38.5 Å². The summed E-state index contributed by atoms with van der Waals surface area (Å²) in [4.78, 5) is 0. The summed E-state index contributed by atoms with van der Waals surface area (Å²) in [6.07, 6.45) is 5.98. The number of benzene rings is 6. The molecule has 1 saturated carbocycles. The van der Waals surface area contributed by atoms with Gasteiger partial charge in [0, 0.05) is 27.1 Å². The Balaban J connectivity index is 0.00000281. The molecule has 45 heavy (non-hydrogen) atoms. The lowest BCUT2D eigenvalue weighted by Gasteiger charge is -2.25. The summed E-state index contributed by atoms with van der Waals surface area (Å²) in [5.41, 5.74) is 6.26. The standard InChI is InChI=1S/C41H27O2P.H2O/c1-3-12-26(13-4-1)44(27-14-5-2-6-15-27)37-22-20-29(31-23-32(31)37)33-24-36-40(39-30-17-9-10-18-34(30)43-41(33)39)38-28-16-8-7-11-25(28)19-21-35(38)42-36;/h1-22,24,31-32H,23H2;1H2. The molecule has 0 aliphatic heterocycles. The summed E-state index contributed by atoms with van der Waals surface area (Å²) in [5, 5.41) is 11.5. The number of fused-ring (bicyclic) bond motifs is 10. The third-order valence-corrected chi connectivity index (χ3v) is 12.2. The van der Waals surface area contributed by atoms with Crippen LogP contribution in [0, 0.1) is 11.8 Å². The quantitative estimate of drug-likeness (QED) is 0.189. The number of hydrogen-bond acceptors (Lipinski definition) is 2. The van der Waals surface area contributed by atoms with Crippen molar-refractivity contribution >= 4 is 78.8 Å². The first-order valence-electron chi connectivity index (χ1n) is 15.3. The number of para-hydroxylation sites is 1. The molecule has 4 heteroatoms. The Kier molecular flexibility index (Phi) is 5.90. The van der Waals surface area contributed by atoms with Crippen molar-refractivity contribution in [3.63, 3.8) is 0 Å². The second kappa shape index (κ2) is 10.0. The fourth-order valence-corrected chi connectivity index (χ4v) is 10.2. The molecular formula is C41H29O3P. The van der Waals surface area contributed by atoms with Crippen molar-refractivity contribution in [2.75, 3.05) is 0 Å². The van der Waals surface area contributed by atoms with Crippen molar-refractivity contribution in [1.29, 1.82) is 0 Å². The summed E-state index contributed by atoms with van der Waals surface area (Å²) in [6, 6.07) is 45.7. The van der Waals surface area contributed by atoms with E-state index in [1.54, 1.807) is 5.31 Å². The topological polar surface area (TPSA) is 57.8 Å². The lowest BCUT2D eigenvalue weighted by molar-refractivity contribution is 0.661. The average Bonchev–Trinajstić information content (AvgIpc) is 3.66. The molecule has 2 aliphatic carbocycles. The van der Waals surface area contributed by atoms with Crippen molar-refractivity contribution in [1.82, 2.24) is 0 Å². The van der Waals surface area contributed by atoms with Gasteiger partial charge in [-0.2, -0.15) is 0 Å². The molecule has 0 saturated heterocycles. The molecule has 1 fully saturated rings. The third-order valence-electron chi connectivity index (χ3n) is 9.57. The van der Waals surface area contributed by atoms with Gasteiger partial charge >= 0.3 is 0 Å². The minimum absolute atomic E-state index is 0. The molecule has 0 amide bonds.